The van der Waals surface area contributed by atoms with E-state index < -0.39 is 0 Å². The van der Waals surface area contributed by atoms with E-state index in [1.807, 2.05) is 23.9 Å². The molecule has 1 aliphatic rings. The van der Waals surface area contributed by atoms with Crippen molar-refractivity contribution in [1.29, 1.82) is 0 Å². The lowest BCUT2D eigenvalue weighted by Crippen LogP contribution is -2.06. The standard InChI is InChI=1S/C11H14ClNOS/c12-11-5-8(6-13-14)1-2-10(11)9-3-4-15-7-9/h1-2,5,9,13-14H,3-4,6-7H2. The molecule has 0 aliphatic carbocycles. The summed E-state index contributed by atoms with van der Waals surface area (Å²) in [6.45, 7) is 0.444. The molecule has 2 N–H and O–H groups in total. The van der Waals surface area contributed by atoms with E-state index in [0.717, 1.165) is 10.6 Å². The highest BCUT2D eigenvalue weighted by molar-refractivity contribution is 7.99. The first-order chi connectivity index (χ1) is 7.31. The van der Waals surface area contributed by atoms with E-state index >= 15 is 0 Å². The van der Waals surface area contributed by atoms with Crippen molar-refractivity contribution >= 4 is 23.4 Å². The van der Waals surface area contributed by atoms with Crippen molar-refractivity contribution in [3.8, 4) is 0 Å². The SMILES string of the molecule is ONCc1ccc(C2CCSC2)c(Cl)c1. The monoisotopic (exact) mass is 243 g/mol. The van der Waals surface area contributed by atoms with Crippen LogP contribution in [0.5, 0.6) is 0 Å². The maximum atomic E-state index is 8.59. The van der Waals surface area contributed by atoms with Crippen molar-refractivity contribution in [2.24, 2.45) is 0 Å². The van der Waals surface area contributed by atoms with Gasteiger partial charge in [-0.3, -0.25) is 0 Å². The van der Waals surface area contributed by atoms with Crippen LogP contribution in [0, 0.1) is 0 Å². The minimum absolute atomic E-state index is 0.444. The molecule has 1 unspecified atom stereocenters. The minimum atomic E-state index is 0.444. The zero-order valence-electron chi connectivity index (χ0n) is 8.37. The molecular weight excluding hydrogens is 230 g/mol. The van der Waals surface area contributed by atoms with Gasteiger partial charge in [-0.25, -0.2) is 5.48 Å². The van der Waals surface area contributed by atoms with Crippen molar-refractivity contribution < 1.29 is 5.21 Å². The summed E-state index contributed by atoms with van der Waals surface area (Å²) in [5, 5.41) is 9.42. The molecule has 0 saturated carbocycles. The molecule has 1 heterocycles. The molecule has 1 fully saturated rings. The molecule has 1 atom stereocenters. The third kappa shape index (κ3) is 2.67. The van der Waals surface area contributed by atoms with Crippen molar-refractivity contribution in [3.63, 3.8) is 0 Å². The van der Waals surface area contributed by atoms with Crippen LogP contribution in [0.25, 0.3) is 0 Å². The van der Waals surface area contributed by atoms with Gasteiger partial charge in [0.05, 0.1) is 0 Å². The van der Waals surface area contributed by atoms with Crippen molar-refractivity contribution in [2.45, 2.75) is 18.9 Å². The van der Waals surface area contributed by atoms with Gasteiger partial charge >= 0.3 is 0 Å². The number of nitrogens with one attached hydrogen (secondary N) is 1. The molecule has 1 aromatic carbocycles. The second kappa shape index (κ2) is 5.21. The fraction of sp³-hybridized carbons (Fsp3) is 0.455. The Balaban J connectivity index is 2.18. The Labute approximate surface area is 99.0 Å². The molecule has 82 valence electrons. The maximum Gasteiger partial charge on any atom is 0.0458 e. The molecule has 1 aromatic rings. The molecule has 0 amide bonds. The fourth-order valence-electron chi connectivity index (χ4n) is 1.88. The first kappa shape index (κ1) is 11.3. The van der Waals surface area contributed by atoms with Gasteiger partial charge in [-0.15, -0.1) is 0 Å². The molecule has 1 saturated heterocycles. The third-order valence-electron chi connectivity index (χ3n) is 2.72. The van der Waals surface area contributed by atoms with E-state index in [9.17, 15) is 0 Å². The average Bonchev–Trinajstić information content (AvgIpc) is 2.71. The summed E-state index contributed by atoms with van der Waals surface area (Å²) in [7, 11) is 0. The van der Waals surface area contributed by atoms with Crippen LogP contribution in [-0.2, 0) is 6.54 Å². The Morgan fingerprint density at radius 1 is 1.53 bits per heavy atom. The van der Waals surface area contributed by atoms with Gasteiger partial charge in [0, 0.05) is 17.3 Å². The zero-order chi connectivity index (χ0) is 10.7. The second-order valence-electron chi connectivity index (χ2n) is 3.75. The summed E-state index contributed by atoms with van der Waals surface area (Å²) < 4.78 is 0. The van der Waals surface area contributed by atoms with Gasteiger partial charge in [-0.2, -0.15) is 11.8 Å². The topological polar surface area (TPSA) is 32.3 Å². The van der Waals surface area contributed by atoms with Crippen molar-refractivity contribution in [3.05, 3.63) is 34.3 Å². The summed E-state index contributed by atoms with van der Waals surface area (Å²) >= 11 is 8.22. The normalized spacial score (nSPS) is 20.8. The number of benzene rings is 1. The number of rotatable bonds is 3. The van der Waals surface area contributed by atoms with Crippen LogP contribution in [0.3, 0.4) is 0 Å². The predicted octanol–water partition coefficient (Wildman–Crippen LogP) is 3.04. The highest BCUT2D eigenvalue weighted by atomic mass is 35.5. The second-order valence-corrected chi connectivity index (χ2v) is 5.31. The van der Waals surface area contributed by atoms with Gasteiger partial charge in [-0.1, -0.05) is 23.7 Å². The number of hydrogen-bond donors (Lipinski definition) is 2. The lowest BCUT2D eigenvalue weighted by atomic mass is 9.97. The molecular formula is C11H14ClNOS. The van der Waals surface area contributed by atoms with Gasteiger partial charge in [0.1, 0.15) is 0 Å². The number of hydroxylamine groups is 1. The van der Waals surface area contributed by atoms with Crippen LogP contribution >= 0.6 is 23.4 Å². The summed E-state index contributed by atoms with van der Waals surface area (Å²) in [6, 6.07) is 6.04. The van der Waals surface area contributed by atoms with Crippen molar-refractivity contribution in [2.75, 3.05) is 11.5 Å². The van der Waals surface area contributed by atoms with Crippen LogP contribution in [0.2, 0.25) is 5.02 Å². The molecule has 0 bridgehead atoms. The highest BCUT2D eigenvalue weighted by Gasteiger charge is 2.19. The molecule has 0 radical (unpaired) electrons. The van der Waals surface area contributed by atoms with Gasteiger partial charge in [0.25, 0.3) is 0 Å². The first-order valence-electron chi connectivity index (χ1n) is 5.04. The zero-order valence-corrected chi connectivity index (χ0v) is 9.94. The summed E-state index contributed by atoms with van der Waals surface area (Å²) in [5.41, 5.74) is 4.40. The molecule has 2 rings (SSSR count). The van der Waals surface area contributed by atoms with E-state index in [1.165, 1.54) is 23.5 Å². The van der Waals surface area contributed by atoms with Crippen LogP contribution in [-0.4, -0.2) is 16.7 Å². The number of thioether (sulfide) groups is 1. The Bertz CT molecular complexity index is 339. The maximum absolute atomic E-state index is 8.59. The van der Waals surface area contributed by atoms with Gasteiger partial charge in [0.2, 0.25) is 0 Å². The fourth-order valence-corrected chi connectivity index (χ4v) is 3.49. The Morgan fingerprint density at radius 3 is 3.00 bits per heavy atom. The highest BCUT2D eigenvalue weighted by Crippen LogP contribution is 2.36. The van der Waals surface area contributed by atoms with E-state index in [2.05, 4.69) is 11.5 Å². The minimum Gasteiger partial charge on any atom is -0.316 e. The molecule has 4 heteroatoms. The van der Waals surface area contributed by atoms with Crippen LogP contribution in [0.1, 0.15) is 23.5 Å². The largest absolute Gasteiger partial charge is 0.316 e. The average molecular weight is 244 g/mol. The Hall–Kier alpha value is -0.220. The molecule has 15 heavy (non-hydrogen) atoms. The van der Waals surface area contributed by atoms with Crippen molar-refractivity contribution in [1.82, 2.24) is 5.48 Å². The molecule has 0 aromatic heterocycles. The van der Waals surface area contributed by atoms with Crippen LogP contribution in [0.4, 0.5) is 0 Å². The summed E-state index contributed by atoms with van der Waals surface area (Å²) in [5.74, 6) is 3.02. The quantitative estimate of drug-likeness (QED) is 0.801. The van der Waals surface area contributed by atoms with E-state index in [1.54, 1.807) is 0 Å². The molecule has 2 nitrogen and oxygen atoms in total. The Morgan fingerprint density at radius 2 is 2.40 bits per heavy atom. The summed E-state index contributed by atoms with van der Waals surface area (Å²) in [6.07, 6.45) is 1.22. The van der Waals surface area contributed by atoms with Gasteiger partial charge in [0.15, 0.2) is 0 Å². The number of halogens is 1. The first-order valence-corrected chi connectivity index (χ1v) is 6.57. The van der Waals surface area contributed by atoms with Gasteiger partial charge in [-0.05, 0) is 35.3 Å². The smallest absolute Gasteiger partial charge is 0.0458 e. The van der Waals surface area contributed by atoms with E-state index in [-0.39, 0.29) is 0 Å². The van der Waals surface area contributed by atoms with Gasteiger partial charge < -0.3 is 5.21 Å². The van der Waals surface area contributed by atoms with E-state index in [4.69, 9.17) is 16.8 Å². The van der Waals surface area contributed by atoms with E-state index in [0.29, 0.717) is 12.5 Å². The van der Waals surface area contributed by atoms with Crippen LogP contribution in [0.15, 0.2) is 18.2 Å². The summed E-state index contributed by atoms with van der Waals surface area (Å²) in [4.78, 5) is 0. The lowest BCUT2D eigenvalue weighted by molar-refractivity contribution is 0.161. The number of hydrogen-bond acceptors (Lipinski definition) is 3. The predicted molar refractivity (Wildman–Crippen MR) is 64.8 cm³/mol. The molecule has 0 spiro atoms. The molecule has 1 aliphatic heterocycles. The third-order valence-corrected chi connectivity index (χ3v) is 4.21. The lowest BCUT2D eigenvalue weighted by Gasteiger charge is -2.12. The Kier molecular flexibility index (Phi) is 3.92. The van der Waals surface area contributed by atoms with Crippen LogP contribution < -0.4 is 5.48 Å².